The first-order chi connectivity index (χ1) is 8.08. The van der Waals surface area contributed by atoms with Gasteiger partial charge in [-0.25, -0.2) is 4.98 Å². The monoisotopic (exact) mass is 237 g/mol. The largest absolute Gasteiger partial charge is 0.356 e. The van der Waals surface area contributed by atoms with Crippen LogP contribution in [0.4, 0.5) is 11.8 Å². The van der Waals surface area contributed by atoms with Crippen LogP contribution in [0.25, 0.3) is 0 Å². The van der Waals surface area contributed by atoms with Crippen LogP contribution in [0.2, 0.25) is 0 Å². The molecule has 96 valence electrons. The van der Waals surface area contributed by atoms with Gasteiger partial charge in [-0.3, -0.25) is 0 Å². The first-order valence-electron chi connectivity index (χ1n) is 6.03. The Hall–Kier alpha value is -1.36. The van der Waals surface area contributed by atoms with Crippen molar-refractivity contribution in [2.45, 2.75) is 13.8 Å². The second-order valence-corrected chi connectivity index (χ2v) is 4.49. The van der Waals surface area contributed by atoms with Gasteiger partial charge in [-0.05, 0) is 25.5 Å². The first kappa shape index (κ1) is 13.7. The average molecular weight is 237 g/mol. The van der Waals surface area contributed by atoms with E-state index in [0.29, 0.717) is 12.5 Å². The predicted molar refractivity (Wildman–Crippen MR) is 72.5 cm³/mol. The highest BCUT2D eigenvalue weighted by atomic mass is 15.3. The fourth-order valence-corrected chi connectivity index (χ4v) is 1.57. The number of nitrogens with two attached hydrogens (primary N) is 1. The topological polar surface area (TPSA) is 58.3 Å². The highest BCUT2D eigenvalue weighted by Gasteiger charge is 2.11. The van der Waals surface area contributed by atoms with Gasteiger partial charge in [-0.2, -0.15) is 4.98 Å². The van der Waals surface area contributed by atoms with Gasteiger partial charge >= 0.3 is 0 Å². The van der Waals surface area contributed by atoms with Gasteiger partial charge in [0, 0.05) is 33.4 Å². The van der Waals surface area contributed by atoms with Crippen LogP contribution in [0.5, 0.6) is 0 Å². The molecule has 17 heavy (non-hydrogen) atoms. The zero-order valence-electron chi connectivity index (χ0n) is 11.2. The molecule has 0 radical (unpaired) electrons. The van der Waals surface area contributed by atoms with E-state index in [0.717, 1.165) is 24.9 Å². The maximum atomic E-state index is 5.66. The standard InChI is InChI=1S/C12H23N5/c1-5-17(9-10(2)8-13)11-6-7-14-12(15-11)16(3)4/h6-7,10H,5,8-9,13H2,1-4H3. The Bertz CT molecular complexity index is 339. The second-order valence-electron chi connectivity index (χ2n) is 4.49. The molecule has 0 amide bonds. The van der Waals surface area contributed by atoms with Crippen molar-refractivity contribution in [3.63, 3.8) is 0 Å². The molecule has 0 aliphatic rings. The molecule has 2 N–H and O–H groups in total. The molecular weight excluding hydrogens is 214 g/mol. The van der Waals surface area contributed by atoms with E-state index in [9.17, 15) is 0 Å². The minimum atomic E-state index is 0.465. The van der Waals surface area contributed by atoms with E-state index in [2.05, 4.69) is 28.7 Å². The molecule has 0 spiro atoms. The number of rotatable bonds is 6. The summed E-state index contributed by atoms with van der Waals surface area (Å²) in [6.07, 6.45) is 1.80. The van der Waals surface area contributed by atoms with Crippen molar-refractivity contribution < 1.29 is 0 Å². The molecule has 1 aromatic heterocycles. The third kappa shape index (κ3) is 3.85. The fraction of sp³-hybridized carbons (Fsp3) is 0.667. The molecular formula is C12H23N5. The number of hydrogen-bond donors (Lipinski definition) is 1. The normalized spacial score (nSPS) is 12.3. The van der Waals surface area contributed by atoms with Crippen molar-refractivity contribution in [1.29, 1.82) is 0 Å². The van der Waals surface area contributed by atoms with E-state index in [-0.39, 0.29) is 0 Å². The third-order valence-corrected chi connectivity index (χ3v) is 2.67. The molecule has 5 heteroatoms. The van der Waals surface area contributed by atoms with Crippen LogP contribution >= 0.6 is 0 Å². The van der Waals surface area contributed by atoms with Crippen molar-refractivity contribution in [3.8, 4) is 0 Å². The molecule has 0 fully saturated rings. The maximum Gasteiger partial charge on any atom is 0.226 e. The van der Waals surface area contributed by atoms with E-state index in [4.69, 9.17) is 5.73 Å². The molecule has 1 atom stereocenters. The van der Waals surface area contributed by atoms with Gasteiger partial charge in [0.05, 0.1) is 0 Å². The van der Waals surface area contributed by atoms with Crippen LogP contribution in [0.3, 0.4) is 0 Å². The number of hydrogen-bond acceptors (Lipinski definition) is 5. The minimum absolute atomic E-state index is 0.465. The van der Waals surface area contributed by atoms with Crippen LogP contribution in [0.15, 0.2) is 12.3 Å². The lowest BCUT2D eigenvalue weighted by Gasteiger charge is -2.25. The van der Waals surface area contributed by atoms with Gasteiger partial charge < -0.3 is 15.5 Å². The van der Waals surface area contributed by atoms with E-state index >= 15 is 0 Å². The molecule has 1 heterocycles. The third-order valence-electron chi connectivity index (χ3n) is 2.67. The number of aromatic nitrogens is 2. The van der Waals surface area contributed by atoms with E-state index < -0.39 is 0 Å². The quantitative estimate of drug-likeness (QED) is 0.798. The van der Waals surface area contributed by atoms with Gasteiger partial charge in [-0.1, -0.05) is 6.92 Å². The molecule has 0 saturated carbocycles. The zero-order chi connectivity index (χ0) is 12.8. The Morgan fingerprint density at radius 2 is 2.12 bits per heavy atom. The molecule has 0 aliphatic heterocycles. The van der Waals surface area contributed by atoms with Crippen LogP contribution < -0.4 is 15.5 Å². The summed E-state index contributed by atoms with van der Waals surface area (Å²) in [5.41, 5.74) is 5.66. The highest BCUT2D eigenvalue weighted by molar-refractivity contribution is 5.42. The Balaban J connectivity index is 2.84. The number of nitrogens with zero attached hydrogens (tertiary/aromatic N) is 4. The van der Waals surface area contributed by atoms with Crippen LogP contribution in [0.1, 0.15) is 13.8 Å². The van der Waals surface area contributed by atoms with Crippen molar-refractivity contribution in [3.05, 3.63) is 12.3 Å². The smallest absolute Gasteiger partial charge is 0.226 e. The lowest BCUT2D eigenvalue weighted by Crippen LogP contribution is -2.32. The zero-order valence-corrected chi connectivity index (χ0v) is 11.2. The summed E-state index contributed by atoms with van der Waals surface area (Å²) in [5, 5.41) is 0. The van der Waals surface area contributed by atoms with Crippen molar-refractivity contribution in [2.24, 2.45) is 11.7 Å². The van der Waals surface area contributed by atoms with Crippen molar-refractivity contribution in [1.82, 2.24) is 9.97 Å². The van der Waals surface area contributed by atoms with E-state index in [1.165, 1.54) is 0 Å². The Morgan fingerprint density at radius 3 is 2.65 bits per heavy atom. The molecule has 0 saturated heterocycles. The summed E-state index contributed by atoms with van der Waals surface area (Å²) in [6.45, 7) is 6.82. The molecule has 1 unspecified atom stereocenters. The average Bonchev–Trinajstić information content (AvgIpc) is 2.35. The van der Waals surface area contributed by atoms with E-state index in [1.54, 1.807) is 6.20 Å². The van der Waals surface area contributed by atoms with Crippen molar-refractivity contribution >= 4 is 11.8 Å². The summed E-state index contributed by atoms with van der Waals surface area (Å²) in [6, 6.07) is 1.94. The van der Waals surface area contributed by atoms with Gasteiger partial charge in [-0.15, -0.1) is 0 Å². The lowest BCUT2D eigenvalue weighted by molar-refractivity contribution is 0.572. The minimum Gasteiger partial charge on any atom is -0.356 e. The lowest BCUT2D eigenvalue weighted by atomic mass is 10.1. The molecule has 0 aliphatic carbocycles. The van der Waals surface area contributed by atoms with Gasteiger partial charge in [0.25, 0.3) is 0 Å². The summed E-state index contributed by atoms with van der Waals surface area (Å²) < 4.78 is 0. The van der Waals surface area contributed by atoms with Crippen LogP contribution in [-0.2, 0) is 0 Å². The molecule has 0 aromatic carbocycles. The van der Waals surface area contributed by atoms with Crippen LogP contribution in [-0.4, -0.2) is 43.7 Å². The first-order valence-corrected chi connectivity index (χ1v) is 6.03. The van der Waals surface area contributed by atoms with Gasteiger partial charge in [0.1, 0.15) is 5.82 Å². The Morgan fingerprint density at radius 1 is 1.41 bits per heavy atom. The SMILES string of the molecule is CCN(CC(C)CN)c1ccnc(N(C)C)n1. The highest BCUT2D eigenvalue weighted by Crippen LogP contribution is 2.14. The molecule has 1 rings (SSSR count). The summed E-state index contributed by atoms with van der Waals surface area (Å²) in [5.74, 6) is 2.17. The predicted octanol–water partition coefficient (Wildman–Crippen LogP) is 0.964. The van der Waals surface area contributed by atoms with E-state index in [1.807, 2.05) is 25.1 Å². The summed E-state index contributed by atoms with van der Waals surface area (Å²) in [4.78, 5) is 12.9. The van der Waals surface area contributed by atoms with Gasteiger partial charge in [0.15, 0.2) is 0 Å². The molecule has 0 bridgehead atoms. The van der Waals surface area contributed by atoms with Crippen molar-refractivity contribution in [2.75, 3.05) is 43.5 Å². The summed E-state index contributed by atoms with van der Waals surface area (Å²) in [7, 11) is 3.88. The maximum absolute atomic E-state index is 5.66. The number of anilines is 2. The second kappa shape index (κ2) is 6.39. The molecule has 5 nitrogen and oxygen atoms in total. The van der Waals surface area contributed by atoms with Crippen LogP contribution in [0, 0.1) is 5.92 Å². The van der Waals surface area contributed by atoms with Gasteiger partial charge in [0.2, 0.25) is 5.95 Å². The Labute approximate surface area is 104 Å². The molecule has 1 aromatic rings. The Kier molecular flexibility index (Phi) is 5.15. The fourth-order valence-electron chi connectivity index (χ4n) is 1.57. The summed E-state index contributed by atoms with van der Waals surface area (Å²) >= 11 is 0.